The van der Waals surface area contributed by atoms with Crippen molar-refractivity contribution < 1.29 is 0 Å². The van der Waals surface area contributed by atoms with Crippen LogP contribution >= 0.6 is 0 Å². The van der Waals surface area contributed by atoms with Crippen molar-refractivity contribution in [2.75, 3.05) is 19.0 Å². The Morgan fingerprint density at radius 1 is 1.36 bits per heavy atom. The number of hydrogen-bond acceptors (Lipinski definition) is 1. The molecule has 1 nitrogen and oxygen atoms in total. The average molecular weight is 253 g/mol. The molecule has 0 aliphatic heterocycles. The summed E-state index contributed by atoms with van der Waals surface area (Å²) in [6.45, 7) is 4.49. The second-order valence-corrected chi connectivity index (χ2v) is 6.57. The summed E-state index contributed by atoms with van der Waals surface area (Å²) in [5.74, 6) is 0. The van der Waals surface area contributed by atoms with E-state index in [2.05, 4.69) is 51.0 Å². The molecule has 0 saturated heterocycles. The number of benzene rings is 1. The van der Waals surface area contributed by atoms with Crippen LogP contribution in [0.3, 0.4) is 0 Å². The van der Waals surface area contributed by atoms with Crippen LogP contribution in [0.25, 0.3) is 0 Å². The molecule has 1 aromatic rings. The molecule has 2 heteroatoms. The van der Waals surface area contributed by atoms with Crippen LogP contribution in [0, 0.1) is 6.92 Å². The monoisotopic (exact) mass is 253 g/mol. The van der Waals surface area contributed by atoms with E-state index in [0.29, 0.717) is 0 Å². The van der Waals surface area contributed by atoms with Gasteiger partial charge < -0.3 is 0 Å². The summed E-state index contributed by atoms with van der Waals surface area (Å²) in [4.78, 5) is 2.16. The zero-order valence-electron chi connectivity index (χ0n) is 9.54. The number of nitrogens with zero attached hydrogens (tertiary/aromatic N) is 1. The first kappa shape index (κ1) is 11.7. The molecular weight excluding hydrogens is 233 g/mol. The fraction of sp³-hybridized carbons (Fsp3) is 0.500. The molecule has 0 saturated carbocycles. The van der Waals surface area contributed by atoms with E-state index in [9.17, 15) is 0 Å². The van der Waals surface area contributed by atoms with E-state index in [1.807, 2.05) is 16.9 Å². The Bertz CT molecular complexity index is 305. The van der Waals surface area contributed by atoms with Crippen LogP contribution in [0.15, 0.2) is 18.2 Å². The van der Waals surface area contributed by atoms with E-state index in [0.717, 1.165) is 4.71 Å². The van der Waals surface area contributed by atoms with Gasteiger partial charge in [-0.1, -0.05) is 0 Å². The molecule has 0 spiro atoms. The van der Waals surface area contributed by atoms with Gasteiger partial charge >= 0.3 is 95.8 Å². The van der Waals surface area contributed by atoms with Crippen molar-refractivity contribution in [1.29, 1.82) is 0 Å². The summed E-state index contributed by atoms with van der Waals surface area (Å²) < 4.78 is 0.790. The molecular formula is C12H20AsN. The SMILES string of the molecule is Cc1ccc(N(C)C)cc1CC(C)[AsH2]. The Hall–Kier alpha value is -0.422. The molecule has 0 heterocycles. The van der Waals surface area contributed by atoms with Crippen molar-refractivity contribution in [2.45, 2.75) is 25.0 Å². The second kappa shape index (κ2) is 4.89. The Morgan fingerprint density at radius 2 is 2.00 bits per heavy atom. The van der Waals surface area contributed by atoms with Gasteiger partial charge in [0.2, 0.25) is 0 Å². The van der Waals surface area contributed by atoms with Gasteiger partial charge in [-0.15, -0.1) is 0 Å². The van der Waals surface area contributed by atoms with Gasteiger partial charge in [-0.3, -0.25) is 0 Å². The third-order valence-electron chi connectivity index (χ3n) is 2.39. The van der Waals surface area contributed by atoms with Crippen LogP contribution in [0.5, 0.6) is 0 Å². The van der Waals surface area contributed by atoms with Gasteiger partial charge in [0, 0.05) is 0 Å². The van der Waals surface area contributed by atoms with Gasteiger partial charge in [-0.05, 0) is 0 Å². The van der Waals surface area contributed by atoms with Crippen LogP contribution in [0.1, 0.15) is 18.1 Å². The summed E-state index contributed by atoms with van der Waals surface area (Å²) in [6.07, 6.45) is 1.20. The molecule has 0 N–H and O–H groups in total. The standard InChI is InChI=1S/C12H20AsN/c1-9-5-6-12(14(3)4)8-11(9)7-10(2)13/h5-6,8,10H,7,13H2,1-4H3. The van der Waals surface area contributed by atoms with Gasteiger partial charge in [0.1, 0.15) is 0 Å². The quantitative estimate of drug-likeness (QED) is 0.745. The molecule has 78 valence electrons. The molecule has 0 radical (unpaired) electrons. The molecule has 0 aliphatic carbocycles. The van der Waals surface area contributed by atoms with Gasteiger partial charge in [-0.2, -0.15) is 0 Å². The maximum absolute atomic E-state index is 2.31. The molecule has 1 rings (SSSR count). The molecule has 0 aromatic heterocycles. The van der Waals surface area contributed by atoms with Crippen molar-refractivity contribution in [3.63, 3.8) is 0 Å². The molecule has 2 unspecified atom stereocenters. The molecule has 0 bridgehead atoms. The van der Waals surface area contributed by atoms with Crippen molar-refractivity contribution in [3.05, 3.63) is 29.3 Å². The third kappa shape index (κ3) is 3.06. The van der Waals surface area contributed by atoms with E-state index >= 15 is 0 Å². The molecule has 0 amide bonds. The normalized spacial score (nSPS) is 12.6. The van der Waals surface area contributed by atoms with Crippen LogP contribution in [0.2, 0.25) is 4.71 Å². The van der Waals surface area contributed by atoms with E-state index in [1.54, 1.807) is 0 Å². The Kier molecular flexibility index (Phi) is 4.07. The summed E-state index contributed by atoms with van der Waals surface area (Å²) in [5, 5.41) is 0. The van der Waals surface area contributed by atoms with Crippen LogP contribution in [-0.4, -0.2) is 30.9 Å². The molecule has 14 heavy (non-hydrogen) atoms. The van der Waals surface area contributed by atoms with Crippen LogP contribution < -0.4 is 4.90 Å². The van der Waals surface area contributed by atoms with Crippen LogP contribution in [0.4, 0.5) is 5.69 Å². The van der Waals surface area contributed by atoms with E-state index < -0.39 is 0 Å². The summed E-state index contributed by atoms with van der Waals surface area (Å²) in [6, 6.07) is 6.72. The number of anilines is 1. The minimum absolute atomic E-state index is 0.790. The molecule has 0 aliphatic rings. The fourth-order valence-electron chi connectivity index (χ4n) is 1.50. The second-order valence-electron chi connectivity index (χ2n) is 4.19. The van der Waals surface area contributed by atoms with E-state index in [1.165, 1.54) is 23.2 Å². The summed E-state index contributed by atoms with van der Waals surface area (Å²) in [5.41, 5.74) is 4.21. The summed E-state index contributed by atoms with van der Waals surface area (Å²) >= 11 is 1.82. The van der Waals surface area contributed by atoms with Crippen molar-refractivity contribution in [1.82, 2.24) is 0 Å². The topological polar surface area (TPSA) is 3.24 Å². The number of aryl methyl sites for hydroxylation is 1. The van der Waals surface area contributed by atoms with E-state index in [4.69, 9.17) is 0 Å². The minimum atomic E-state index is 0.790. The van der Waals surface area contributed by atoms with Crippen LogP contribution in [-0.2, 0) is 6.42 Å². The first-order valence-electron chi connectivity index (χ1n) is 5.03. The first-order valence-corrected chi connectivity index (χ1v) is 6.43. The Morgan fingerprint density at radius 3 is 2.50 bits per heavy atom. The Balaban J connectivity index is 2.96. The summed E-state index contributed by atoms with van der Waals surface area (Å²) in [7, 11) is 4.18. The number of rotatable bonds is 3. The van der Waals surface area contributed by atoms with Gasteiger partial charge in [0.25, 0.3) is 0 Å². The van der Waals surface area contributed by atoms with Gasteiger partial charge in [-0.25, -0.2) is 0 Å². The predicted octanol–water partition coefficient (Wildman–Crippen LogP) is 2.05. The van der Waals surface area contributed by atoms with Gasteiger partial charge in [0.15, 0.2) is 0 Å². The molecule has 0 fully saturated rings. The number of hydrogen-bond donors (Lipinski definition) is 0. The average Bonchev–Trinajstić information content (AvgIpc) is 2.07. The fourth-order valence-corrected chi connectivity index (χ4v) is 2.04. The van der Waals surface area contributed by atoms with E-state index in [-0.39, 0.29) is 0 Å². The third-order valence-corrected chi connectivity index (χ3v) is 2.89. The first-order chi connectivity index (χ1) is 6.50. The van der Waals surface area contributed by atoms with Crippen molar-refractivity contribution >= 4 is 22.5 Å². The van der Waals surface area contributed by atoms with Gasteiger partial charge in [0.05, 0.1) is 0 Å². The van der Waals surface area contributed by atoms with Crippen molar-refractivity contribution in [3.8, 4) is 0 Å². The Labute approximate surface area is 96.0 Å². The zero-order valence-corrected chi connectivity index (χ0v) is 12.0. The molecule has 2 atom stereocenters. The predicted molar refractivity (Wildman–Crippen MR) is 67.2 cm³/mol. The maximum atomic E-state index is 2.31. The molecule has 1 aromatic carbocycles. The zero-order chi connectivity index (χ0) is 10.7. The van der Waals surface area contributed by atoms with Crippen molar-refractivity contribution in [2.24, 2.45) is 0 Å².